The van der Waals surface area contributed by atoms with Crippen LogP contribution in [0.3, 0.4) is 0 Å². The van der Waals surface area contributed by atoms with Crippen LogP contribution in [-0.2, 0) is 15.9 Å². The third-order valence-electron chi connectivity index (χ3n) is 5.19. The smallest absolute Gasteiger partial charge is 0.337 e. The zero-order valence-corrected chi connectivity index (χ0v) is 19.6. The van der Waals surface area contributed by atoms with Gasteiger partial charge in [-0.3, -0.25) is 4.79 Å². The molecule has 3 N–H and O–H groups in total. The summed E-state index contributed by atoms with van der Waals surface area (Å²) in [5.41, 5.74) is 2.57. The molecule has 4 aromatic rings. The Labute approximate surface area is 194 Å². The average molecular weight is 465 g/mol. The van der Waals surface area contributed by atoms with Crippen molar-refractivity contribution >= 4 is 28.6 Å². The van der Waals surface area contributed by atoms with E-state index in [9.17, 15) is 9.59 Å². The van der Waals surface area contributed by atoms with Crippen LogP contribution in [0.4, 0.5) is 0 Å². The van der Waals surface area contributed by atoms with E-state index in [1.807, 2.05) is 12.1 Å². The molecule has 2 aromatic heterocycles. The van der Waals surface area contributed by atoms with Gasteiger partial charge in [-0.05, 0) is 29.2 Å². The maximum absolute atomic E-state index is 12.4. The fourth-order valence-electron chi connectivity index (χ4n) is 3.33. The Kier molecular flexibility index (Phi) is 5.94. The molecule has 2 aromatic carbocycles. The van der Waals surface area contributed by atoms with Gasteiger partial charge in [0, 0.05) is 5.56 Å². The van der Waals surface area contributed by atoms with Gasteiger partial charge in [-0.1, -0.05) is 56.8 Å². The second-order valence-corrected chi connectivity index (χ2v) is 9.47. The molecule has 0 aliphatic heterocycles. The number of benzene rings is 2. The van der Waals surface area contributed by atoms with Gasteiger partial charge in [0.15, 0.2) is 5.82 Å². The highest BCUT2D eigenvalue weighted by Crippen LogP contribution is 2.27. The number of nitrogens with two attached hydrogens (primary N) is 1. The van der Waals surface area contributed by atoms with Gasteiger partial charge in [0.05, 0.1) is 29.3 Å². The van der Waals surface area contributed by atoms with Crippen molar-refractivity contribution in [1.82, 2.24) is 24.8 Å². The van der Waals surface area contributed by atoms with Crippen molar-refractivity contribution in [2.45, 2.75) is 37.1 Å². The van der Waals surface area contributed by atoms with E-state index in [2.05, 4.69) is 53.1 Å². The summed E-state index contributed by atoms with van der Waals surface area (Å²) in [7, 11) is 1.30. The van der Waals surface area contributed by atoms with Gasteiger partial charge in [0.2, 0.25) is 5.16 Å². The third-order valence-corrected chi connectivity index (χ3v) is 6.14. The number of H-pyrrole nitrogens is 1. The van der Waals surface area contributed by atoms with Gasteiger partial charge in [0.25, 0.3) is 5.56 Å². The van der Waals surface area contributed by atoms with Crippen LogP contribution in [0.2, 0.25) is 0 Å². The average Bonchev–Trinajstić information content (AvgIpc) is 3.16. The number of nitrogens with zero attached hydrogens (tertiary/aromatic N) is 4. The van der Waals surface area contributed by atoms with Crippen LogP contribution >= 0.6 is 11.8 Å². The lowest BCUT2D eigenvalue weighted by Crippen LogP contribution is -2.14. The van der Waals surface area contributed by atoms with Crippen LogP contribution in [0.25, 0.3) is 22.3 Å². The fourth-order valence-corrected chi connectivity index (χ4v) is 4.05. The minimum atomic E-state index is -0.491. The molecule has 33 heavy (non-hydrogen) atoms. The Bertz CT molecular complexity index is 1390. The summed E-state index contributed by atoms with van der Waals surface area (Å²) in [5.74, 6) is 7.03. The van der Waals surface area contributed by atoms with Crippen molar-refractivity contribution in [2.75, 3.05) is 13.0 Å². The highest BCUT2D eigenvalue weighted by molar-refractivity contribution is 7.98. The number of hydrogen-bond acceptors (Lipinski definition) is 8. The predicted molar refractivity (Wildman–Crippen MR) is 128 cm³/mol. The molecule has 0 fully saturated rings. The summed E-state index contributed by atoms with van der Waals surface area (Å²) >= 11 is 1.30. The maximum Gasteiger partial charge on any atom is 0.337 e. The molecule has 170 valence electrons. The molecule has 4 rings (SSSR count). The van der Waals surface area contributed by atoms with Crippen LogP contribution < -0.4 is 11.4 Å². The van der Waals surface area contributed by atoms with Gasteiger partial charge in [-0.15, -0.1) is 10.2 Å². The summed E-state index contributed by atoms with van der Waals surface area (Å²) in [6.45, 7) is 6.47. The zero-order valence-electron chi connectivity index (χ0n) is 18.7. The Balaban J connectivity index is 1.55. The molecule has 2 heterocycles. The number of carbonyl (C=O) groups excluding carboxylic acids is 1. The number of nitrogens with one attached hydrogen (secondary N) is 1. The van der Waals surface area contributed by atoms with Crippen LogP contribution in [-0.4, -0.2) is 37.9 Å². The number of hydrogen-bond donors (Lipinski definition) is 2. The first-order chi connectivity index (χ1) is 15.7. The lowest BCUT2D eigenvalue weighted by atomic mass is 9.87. The first-order valence-electron chi connectivity index (χ1n) is 10.2. The van der Waals surface area contributed by atoms with Crippen molar-refractivity contribution in [2.24, 2.45) is 0 Å². The van der Waals surface area contributed by atoms with Crippen molar-refractivity contribution in [3.8, 4) is 11.4 Å². The molecule has 0 spiro atoms. The van der Waals surface area contributed by atoms with Crippen LogP contribution in [0, 0.1) is 0 Å². The number of esters is 1. The Morgan fingerprint density at radius 2 is 1.88 bits per heavy atom. The largest absolute Gasteiger partial charge is 0.465 e. The molecule has 0 aliphatic carbocycles. The van der Waals surface area contributed by atoms with Crippen molar-refractivity contribution in [3.05, 3.63) is 69.8 Å². The lowest BCUT2D eigenvalue weighted by molar-refractivity contribution is 0.0601. The third kappa shape index (κ3) is 4.61. The number of carbonyl (C=O) groups is 1. The zero-order chi connectivity index (χ0) is 23.8. The van der Waals surface area contributed by atoms with E-state index in [4.69, 9.17) is 10.6 Å². The molecule has 0 unspecified atom stereocenters. The number of fused-ring (bicyclic) bond motifs is 1. The number of aromatic nitrogens is 5. The SMILES string of the molecule is COC(=O)c1ccc2c(=O)[nH]c(CSc3nnc(-c4ccc(C(C)(C)C)cc4)n3N)nc2c1. The number of ether oxygens (including phenoxy) is 1. The standard InChI is InChI=1S/C23H24N6O3S/c1-23(2,3)15-8-5-13(6-9-15)19-27-28-22(29(19)24)33-12-18-25-17-11-14(21(31)32-4)7-10-16(17)20(30)26-18/h5-11H,12,24H2,1-4H3,(H,25,26,30). The Morgan fingerprint density at radius 3 is 2.55 bits per heavy atom. The summed E-state index contributed by atoms with van der Waals surface area (Å²) in [5, 5.41) is 9.27. The molecule has 10 heteroatoms. The summed E-state index contributed by atoms with van der Waals surface area (Å²) in [6.07, 6.45) is 0. The first-order valence-corrected chi connectivity index (χ1v) is 11.2. The normalized spacial score (nSPS) is 11.6. The van der Waals surface area contributed by atoms with Crippen LogP contribution in [0.15, 0.2) is 52.4 Å². The Morgan fingerprint density at radius 1 is 1.15 bits per heavy atom. The predicted octanol–water partition coefficient (Wildman–Crippen LogP) is 3.27. The van der Waals surface area contributed by atoms with E-state index in [0.717, 1.165) is 5.56 Å². The van der Waals surface area contributed by atoms with E-state index in [-0.39, 0.29) is 11.0 Å². The Hall–Kier alpha value is -3.66. The maximum atomic E-state index is 12.4. The van der Waals surface area contributed by atoms with E-state index >= 15 is 0 Å². The second-order valence-electron chi connectivity index (χ2n) is 8.53. The molecule has 0 radical (unpaired) electrons. The first kappa shape index (κ1) is 22.5. The summed E-state index contributed by atoms with van der Waals surface area (Å²) in [4.78, 5) is 31.5. The molecule has 0 saturated heterocycles. The number of thioether (sulfide) groups is 1. The second kappa shape index (κ2) is 8.70. The van der Waals surface area contributed by atoms with Gasteiger partial charge < -0.3 is 15.6 Å². The molecular weight excluding hydrogens is 440 g/mol. The highest BCUT2D eigenvalue weighted by atomic mass is 32.2. The summed E-state index contributed by atoms with van der Waals surface area (Å²) in [6, 6.07) is 12.7. The molecule has 0 saturated carbocycles. The van der Waals surface area contributed by atoms with Crippen molar-refractivity contribution in [1.29, 1.82) is 0 Å². The van der Waals surface area contributed by atoms with E-state index < -0.39 is 5.97 Å². The molecular formula is C23H24N6O3S. The van der Waals surface area contributed by atoms with Gasteiger partial charge >= 0.3 is 5.97 Å². The van der Waals surface area contributed by atoms with Gasteiger partial charge in [-0.25, -0.2) is 14.5 Å². The van der Waals surface area contributed by atoms with E-state index in [1.165, 1.54) is 41.2 Å². The molecule has 0 atom stereocenters. The van der Waals surface area contributed by atoms with Crippen LogP contribution in [0.1, 0.15) is 42.5 Å². The van der Waals surface area contributed by atoms with E-state index in [0.29, 0.717) is 39.0 Å². The lowest BCUT2D eigenvalue weighted by Gasteiger charge is -2.19. The fraction of sp³-hybridized carbons (Fsp3) is 0.261. The molecule has 0 amide bonds. The molecule has 9 nitrogen and oxygen atoms in total. The number of nitrogen functional groups attached to an aromatic ring is 1. The number of rotatable bonds is 5. The summed E-state index contributed by atoms with van der Waals surface area (Å²) < 4.78 is 6.16. The van der Waals surface area contributed by atoms with Gasteiger partial charge in [-0.2, -0.15) is 0 Å². The molecule has 0 aliphatic rings. The minimum absolute atomic E-state index is 0.0529. The number of aromatic amines is 1. The van der Waals surface area contributed by atoms with Crippen LogP contribution in [0.5, 0.6) is 0 Å². The van der Waals surface area contributed by atoms with E-state index in [1.54, 1.807) is 6.07 Å². The van der Waals surface area contributed by atoms with Crippen molar-refractivity contribution in [3.63, 3.8) is 0 Å². The molecule has 0 bridgehead atoms. The minimum Gasteiger partial charge on any atom is -0.465 e. The van der Waals surface area contributed by atoms with Crippen molar-refractivity contribution < 1.29 is 9.53 Å². The monoisotopic (exact) mass is 464 g/mol. The number of methoxy groups -OCH3 is 1. The highest BCUT2D eigenvalue weighted by Gasteiger charge is 2.17. The van der Waals surface area contributed by atoms with Gasteiger partial charge in [0.1, 0.15) is 5.82 Å². The topological polar surface area (TPSA) is 129 Å². The quantitative estimate of drug-likeness (QED) is 0.262.